The first kappa shape index (κ1) is 46.6. The Labute approximate surface area is 402 Å². The SMILES string of the molecule is O=C(Nc1ccc(Oc2ccc3ncc(-c4cccnc4)nc3c2)cc1)c1cccc(F)c1.O=C(Nc1ccc(Oc2ccc3ncc(N4CCNCC4)nc3c2)cc1)c1ccc(Cl)c(C(F)(F)F)c1. The minimum Gasteiger partial charge on any atom is -0.457 e. The van der Waals surface area contributed by atoms with Crippen molar-refractivity contribution in [2.75, 3.05) is 41.7 Å². The Bertz CT molecular complexity index is 3330. The van der Waals surface area contributed by atoms with Crippen molar-refractivity contribution in [3.63, 3.8) is 0 Å². The fourth-order valence-electron chi connectivity index (χ4n) is 7.20. The summed E-state index contributed by atoms with van der Waals surface area (Å²) in [6.07, 6.45) is 2.28. The summed E-state index contributed by atoms with van der Waals surface area (Å²) in [4.78, 5) is 49.4. The van der Waals surface area contributed by atoms with Crippen molar-refractivity contribution in [2.24, 2.45) is 0 Å². The molecule has 9 aromatic rings. The van der Waals surface area contributed by atoms with Gasteiger partial charge >= 0.3 is 6.18 Å². The predicted molar refractivity (Wildman–Crippen MR) is 259 cm³/mol. The molecule has 6 aromatic carbocycles. The lowest BCUT2D eigenvalue weighted by molar-refractivity contribution is -0.137. The van der Waals surface area contributed by atoms with Gasteiger partial charge in [0.15, 0.2) is 0 Å². The van der Waals surface area contributed by atoms with Crippen LogP contribution in [0.4, 0.5) is 34.8 Å². The third-order valence-electron chi connectivity index (χ3n) is 10.7. The lowest BCUT2D eigenvalue weighted by atomic mass is 10.1. The molecule has 0 bridgehead atoms. The Morgan fingerprint density at radius 1 is 0.614 bits per heavy atom. The first-order valence-corrected chi connectivity index (χ1v) is 22.0. The first-order valence-electron chi connectivity index (χ1n) is 21.6. The second kappa shape index (κ2) is 20.8. The lowest BCUT2D eigenvalue weighted by Crippen LogP contribution is -2.43. The Morgan fingerprint density at radius 3 is 1.79 bits per heavy atom. The summed E-state index contributed by atoms with van der Waals surface area (Å²) in [5, 5.41) is 8.16. The maximum Gasteiger partial charge on any atom is 0.417 e. The van der Waals surface area contributed by atoms with Crippen LogP contribution in [0.5, 0.6) is 23.0 Å². The van der Waals surface area contributed by atoms with E-state index in [1.807, 2.05) is 42.5 Å². The van der Waals surface area contributed by atoms with Gasteiger partial charge < -0.3 is 30.3 Å². The highest BCUT2D eigenvalue weighted by molar-refractivity contribution is 6.31. The molecule has 70 heavy (non-hydrogen) atoms. The molecule has 350 valence electrons. The van der Waals surface area contributed by atoms with Crippen LogP contribution in [0.3, 0.4) is 0 Å². The topological polar surface area (TPSA) is 156 Å². The molecule has 0 atom stereocenters. The van der Waals surface area contributed by atoms with Gasteiger partial charge in [-0.25, -0.2) is 14.4 Å². The average Bonchev–Trinajstić information content (AvgIpc) is 3.37. The first-order chi connectivity index (χ1) is 33.9. The third-order valence-corrected chi connectivity index (χ3v) is 11.1. The van der Waals surface area contributed by atoms with E-state index in [9.17, 15) is 27.2 Å². The Morgan fingerprint density at radius 2 is 1.20 bits per heavy atom. The van der Waals surface area contributed by atoms with Gasteiger partial charge in [0.2, 0.25) is 0 Å². The van der Waals surface area contributed by atoms with E-state index in [-0.39, 0.29) is 17.0 Å². The smallest absolute Gasteiger partial charge is 0.417 e. The van der Waals surface area contributed by atoms with E-state index in [4.69, 9.17) is 26.1 Å². The number of pyridine rings is 1. The summed E-state index contributed by atoms with van der Waals surface area (Å²) in [7, 11) is 0. The number of anilines is 3. The molecular weight excluding hydrogens is 926 g/mol. The number of ether oxygens (including phenoxy) is 2. The van der Waals surface area contributed by atoms with E-state index < -0.39 is 28.5 Å². The molecule has 2 amide bonds. The summed E-state index contributed by atoms with van der Waals surface area (Å²) in [6.45, 7) is 3.52. The number of halogens is 5. The van der Waals surface area contributed by atoms with E-state index in [0.29, 0.717) is 45.4 Å². The molecule has 3 aromatic heterocycles. The Hall–Kier alpha value is -8.54. The number of nitrogens with one attached hydrogen (secondary N) is 3. The number of nitrogens with zero attached hydrogens (tertiary/aromatic N) is 6. The van der Waals surface area contributed by atoms with Gasteiger partial charge in [0.25, 0.3) is 11.8 Å². The molecule has 0 radical (unpaired) electrons. The second-order valence-electron chi connectivity index (χ2n) is 15.6. The number of amides is 2. The van der Waals surface area contributed by atoms with Crippen LogP contribution >= 0.6 is 11.6 Å². The molecule has 13 nitrogen and oxygen atoms in total. The fraction of sp³-hybridized carbons (Fsp3) is 0.0962. The van der Waals surface area contributed by atoms with Crippen LogP contribution < -0.4 is 30.3 Å². The molecule has 18 heteroatoms. The maximum absolute atomic E-state index is 13.3. The van der Waals surface area contributed by atoms with Crippen molar-refractivity contribution >= 4 is 62.7 Å². The van der Waals surface area contributed by atoms with E-state index in [1.54, 1.807) is 85.5 Å². The summed E-state index contributed by atoms with van der Waals surface area (Å²) in [5.41, 5.74) is 4.52. The van der Waals surface area contributed by atoms with Gasteiger partial charge in [-0.3, -0.25) is 24.5 Å². The number of rotatable bonds is 10. The normalized spacial score (nSPS) is 12.4. The van der Waals surface area contributed by atoms with Crippen molar-refractivity contribution < 1.29 is 36.6 Å². The Balaban J connectivity index is 0.000000175. The molecule has 1 aliphatic rings. The van der Waals surface area contributed by atoms with Crippen molar-refractivity contribution in [2.45, 2.75) is 6.18 Å². The molecule has 1 fully saturated rings. The van der Waals surface area contributed by atoms with Crippen molar-refractivity contribution in [3.8, 4) is 34.3 Å². The van der Waals surface area contributed by atoms with Crippen LogP contribution in [-0.2, 0) is 6.18 Å². The average molecular weight is 964 g/mol. The molecule has 0 spiro atoms. The minimum atomic E-state index is -4.66. The number of hydrogen-bond donors (Lipinski definition) is 3. The standard InChI is InChI=1S/C26H21ClF3N5O2.C26H17FN4O2/c27-21-7-1-16(13-20(21)26(28,29)30)25(36)33-17-2-4-18(5-3-17)37-19-6-8-22-23(14-19)34-24(15-32-22)35-11-9-31-10-12-35;27-19-5-1-3-17(13-19)26(32)30-20-6-8-21(9-7-20)33-22-10-11-23-24(14-22)31-25(16-29-23)18-4-2-12-28-15-18/h1-8,13-15,31H,9-12H2,(H,33,36);1-16H,(H,30,32). The monoisotopic (exact) mass is 963 g/mol. The van der Waals surface area contributed by atoms with Crippen LogP contribution in [0, 0.1) is 5.82 Å². The summed E-state index contributed by atoms with van der Waals surface area (Å²) >= 11 is 5.63. The number of fused-ring (bicyclic) bond motifs is 2. The summed E-state index contributed by atoms with van der Waals surface area (Å²) in [5.74, 6) is 1.55. The van der Waals surface area contributed by atoms with Crippen molar-refractivity contribution in [3.05, 3.63) is 192 Å². The minimum absolute atomic E-state index is 0.158. The molecule has 0 saturated carbocycles. The molecule has 4 heterocycles. The number of piperazine rings is 1. The van der Waals surface area contributed by atoms with Gasteiger partial charge in [0.05, 0.1) is 50.7 Å². The summed E-state index contributed by atoms with van der Waals surface area (Å²) < 4.78 is 64.5. The zero-order chi connectivity index (χ0) is 48.6. The largest absolute Gasteiger partial charge is 0.457 e. The van der Waals surface area contributed by atoms with E-state index in [0.717, 1.165) is 66.4 Å². The number of hydrogen-bond acceptors (Lipinski definition) is 11. The van der Waals surface area contributed by atoms with E-state index >= 15 is 0 Å². The number of carbonyl (C=O) groups is 2. The highest BCUT2D eigenvalue weighted by Gasteiger charge is 2.34. The van der Waals surface area contributed by atoms with Crippen LogP contribution in [0.15, 0.2) is 164 Å². The van der Waals surface area contributed by atoms with Gasteiger partial charge in [-0.2, -0.15) is 13.2 Å². The van der Waals surface area contributed by atoms with Crippen molar-refractivity contribution in [1.82, 2.24) is 30.2 Å². The second-order valence-corrected chi connectivity index (χ2v) is 16.0. The highest BCUT2D eigenvalue weighted by atomic mass is 35.5. The predicted octanol–water partition coefficient (Wildman–Crippen LogP) is 11.6. The maximum atomic E-state index is 13.3. The number of alkyl halides is 3. The van der Waals surface area contributed by atoms with Gasteiger partial charge in [-0.05, 0) is 121 Å². The van der Waals surface area contributed by atoms with Gasteiger partial charge in [-0.15, -0.1) is 0 Å². The van der Waals surface area contributed by atoms with Gasteiger partial charge in [-0.1, -0.05) is 17.7 Å². The van der Waals surface area contributed by atoms with Crippen LogP contribution in [0.25, 0.3) is 33.3 Å². The molecule has 1 saturated heterocycles. The quantitative estimate of drug-likeness (QED) is 0.112. The van der Waals surface area contributed by atoms with Crippen LogP contribution in [0.1, 0.15) is 26.3 Å². The number of aromatic nitrogens is 5. The molecule has 3 N–H and O–H groups in total. The number of carbonyl (C=O) groups excluding carboxylic acids is 2. The Kier molecular flexibility index (Phi) is 13.8. The van der Waals surface area contributed by atoms with Crippen LogP contribution in [-0.4, -0.2) is 62.9 Å². The zero-order valence-electron chi connectivity index (χ0n) is 36.6. The van der Waals surface area contributed by atoms with Crippen molar-refractivity contribution in [1.29, 1.82) is 0 Å². The number of benzene rings is 6. The lowest BCUT2D eigenvalue weighted by Gasteiger charge is -2.28. The van der Waals surface area contributed by atoms with Crippen LogP contribution in [0.2, 0.25) is 5.02 Å². The molecular formula is C52H38ClF4N9O4. The zero-order valence-corrected chi connectivity index (χ0v) is 37.4. The summed E-state index contributed by atoms with van der Waals surface area (Å²) in [6, 6.07) is 36.6. The van der Waals surface area contributed by atoms with Gasteiger partial charge in [0.1, 0.15) is 34.6 Å². The molecule has 10 rings (SSSR count). The molecule has 1 aliphatic heterocycles. The van der Waals surface area contributed by atoms with E-state index in [2.05, 4.69) is 40.8 Å². The van der Waals surface area contributed by atoms with E-state index in [1.165, 1.54) is 24.3 Å². The molecule has 0 unspecified atom stereocenters. The highest BCUT2D eigenvalue weighted by Crippen LogP contribution is 2.36. The van der Waals surface area contributed by atoms with Gasteiger partial charge in [0, 0.05) is 78.8 Å². The molecule has 0 aliphatic carbocycles. The fourth-order valence-corrected chi connectivity index (χ4v) is 7.43. The third kappa shape index (κ3) is 11.6.